The van der Waals surface area contributed by atoms with Crippen LogP contribution in [-0.2, 0) is 6.54 Å². The van der Waals surface area contributed by atoms with Crippen molar-refractivity contribution in [2.24, 2.45) is 0 Å². The van der Waals surface area contributed by atoms with Crippen LogP contribution in [0.1, 0.15) is 23.0 Å². The first-order valence-corrected chi connectivity index (χ1v) is 6.60. The molecule has 0 spiro atoms. The van der Waals surface area contributed by atoms with Crippen LogP contribution in [0.5, 0.6) is 0 Å². The number of rotatable bonds is 4. The van der Waals surface area contributed by atoms with Gasteiger partial charge in [0.15, 0.2) is 0 Å². The summed E-state index contributed by atoms with van der Waals surface area (Å²) in [5.41, 5.74) is 6.87. The molecule has 0 fully saturated rings. The average molecular weight is 291 g/mol. The molecule has 0 atom stereocenters. The highest BCUT2D eigenvalue weighted by Gasteiger charge is 2.16. The molecule has 20 heavy (non-hydrogen) atoms. The van der Waals surface area contributed by atoms with Gasteiger partial charge in [0.2, 0.25) is 0 Å². The Balaban J connectivity index is 2.20. The van der Waals surface area contributed by atoms with Gasteiger partial charge in [0.1, 0.15) is 11.0 Å². The molecule has 6 heteroatoms. The number of aromatic nitrogens is 2. The summed E-state index contributed by atoms with van der Waals surface area (Å²) >= 11 is 5.83. The Labute approximate surface area is 122 Å². The predicted octanol–water partition coefficient (Wildman–Crippen LogP) is 2.37. The minimum absolute atomic E-state index is 0.144. The van der Waals surface area contributed by atoms with E-state index in [4.69, 9.17) is 17.3 Å². The first-order valence-electron chi connectivity index (χ1n) is 6.22. The number of anilines is 1. The van der Waals surface area contributed by atoms with E-state index < -0.39 is 0 Å². The number of halogens is 1. The lowest BCUT2D eigenvalue weighted by Gasteiger charge is -2.20. The molecule has 0 saturated carbocycles. The first-order chi connectivity index (χ1) is 9.60. The zero-order valence-corrected chi connectivity index (χ0v) is 11.8. The van der Waals surface area contributed by atoms with E-state index in [-0.39, 0.29) is 16.9 Å². The summed E-state index contributed by atoms with van der Waals surface area (Å²) in [6.45, 7) is 2.91. The Hall–Kier alpha value is -2.14. The second-order valence-electron chi connectivity index (χ2n) is 4.24. The van der Waals surface area contributed by atoms with Crippen molar-refractivity contribution in [3.63, 3.8) is 0 Å². The van der Waals surface area contributed by atoms with Crippen LogP contribution in [0.4, 0.5) is 5.82 Å². The summed E-state index contributed by atoms with van der Waals surface area (Å²) in [7, 11) is 0. The van der Waals surface area contributed by atoms with Crippen molar-refractivity contribution >= 4 is 23.3 Å². The minimum atomic E-state index is -0.144. The molecule has 0 aromatic carbocycles. The third kappa shape index (κ3) is 3.45. The van der Waals surface area contributed by atoms with Crippen LogP contribution < -0.4 is 5.73 Å². The van der Waals surface area contributed by atoms with Crippen molar-refractivity contribution in [2.75, 3.05) is 12.3 Å². The molecular formula is C14H15ClN4O. The number of nitrogens with zero attached hydrogens (tertiary/aromatic N) is 3. The summed E-state index contributed by atoms with van der Waals surface area (Å²) in [6, 6.07) is 8.65. The van der Waals surface area contributed by atoms with E-state index in [9.17, 15) is 4.79 Å². The summed E-state index contributed by atoms with van der Waals surface area (Å²) in [5, 5.41) is 0.210. The van der Waals surface area contributed by atoms with Crippen LogP contribution in [-0.4, -0.2) is 27.3 Å². The van der Waals surface area contributed by atoms with E-state index in [0.717, 1.165) is 5.69 Å². The number of carbonyl (C=O) groups excluding carboxylic acids is 1. The van der Waals surface area contributed by atoms with Crippen molar-refractivity contribution in [2.45, 2.75) is 13.5 Å². The van der Waals surface area contributed by atoms with Gasteiger partial charge in [-0.05, 0) is 31.2 Å². The highest BCUT2D eigenvalue weighted by atomic mass is 35.5. The van der Waals surface area contributed by atoms with Crippen LogP contribution in [0.3, 0.4) is 0 Å². The van der Waals surface area contributed by atoms with Gasteiger partial charge < -0.3 is 10.6 Å². The number of pyridine rings is 2. The molecule has 0 aliphatic rings. The normalized spacial score (nSPS) is 10.3. The lowest BCUT2D eigenvalue weighted by atomic mass is 10.2. The topological polar surface area (TPSA) is 72.1 Å². The van der Waals surface area contributed by atoms with Gasteiger partial charge in [0, 0.05) is 18.3 Å². The monoisotopic (exact) mass is 290 g/mol. The van der Waals surface area contributed by atoms with Gasteiger partial charge in [-0.3, -0.25) is 9.78 Å². The SMILES string of the molecule is CCN(Cc1ccccn1)C(=O)c1cc(N)nc(Cl)c1. The molecule has 5 nitrogen and oxygen atoms in total. The average Bonchev–Trinajstić information content (AvgIpc) is 2.44. The fourth-order valence-corrected chi connectivity index (χ4v) is 2.05. The molecule has 2 aromatic heterocycles. The van der Waals surface area contributed by atoms with Crippen molar-refractivity contribution in [1.82, 2.24) is 14.9 Å². The maximum Gasteiger partial charge on any atom is 0.254 e. The molecule has 2 aromatic rings. The standard InChI is InChI=1S/C14H15ClN4O/c1-2-19(9-11-5-3-4-6-17-11)14(20)10-7-12(15)18-13(16)8-10/h3-8H,2,9H2,1H3,(H2,16,18). The third-order valence-corrected chi connectivity index (χ3v) is 3.00. The number of nitrogen functional groups attached to an aromatic ring is 1. The van der Waals surface area contributed by atoms with Crippen LogP contribution in [0.2, 0.25) is 5.15 Å². The summed E-state index contributed by atoms with van der Waals surface area (Å²) in [5.74, 6) is 0.0869. The lowest BCUT2D eigenvalue weighted by Crippen LogP contribution is -2.30. The summed E-state index contributed by atoms with van der Waals surface area (Å²) in [4.78, 5) is 22.2. The van der Waals surface area contributed by atoms with E-state index in [1.54, 1.807) is 11.1 Å². The zero-order valence-electron chi connectivity index (χ0n) is 11.1. The molecule has 2 rings (SSSR count). The number of carbonyl (C=O) groups is 1. The van der Waals surface area contributed by atoms with Crippen molar-refractivity contribution in [1.29, 1.82) is 0 Å². The Kier molecular flexibility index (Phi) is 4.53. The smallest absolute Gasteiger partial charge is 0.254 e. The van der Waals surface area contributed by atoms with E-state index in [1.165, 1.54) is 12.1 Å². The number of nitrogens with two attached hydrogens (primary N) is 1. The van der Waals surface area contributed by atoms with E-state index in [1.807, 2.05) is 25.1 Å². The molecule has 104 valence electrons. The van der Waals surface area contributed by atoms with Crippen molar-refractivity contribution in [3.8, 4) is 0 Å². The van der Waals surface area contributed by atoms with Crippen molar-refractivity contribution in [3.05, 3.63) is 52.9 Å². The summed E-state index contributed by atoms with van der Waals surface area (Å²) in [6.07, 6.45) is 1.70. The van der Waals surface area contributed by atoms with Gasteiger partial charge in [-0.15, -0.1) is 0 Å². The highest BCUT2D eigenvalue weighted by Crippen LogP contribution is 2.15. The molecule has 2 heterocycles. The minimum Gasteiger partial charge on any atom is -0.384 e. The number of amides is 1. The molecule has 1 amide bonds. The molecule has 2 N–H and O–H groups in total. The maximum absolute atomic E-state index is 12.4. The van der Waals surface area contributed by atoms with Gasteiger partial charge in [-0.2, -0.15) is 0 Å². The molecule has 0 aliphatic carbocycles. The zero-order chi connectivity index (χ0) is 14.5. The molecule has 0 saturated heterocycles. The van der Waals surface area contributed by atoms with Gasteiger partial charge in [-0.1, -0.05) is 17.7 Å². The Morgan fingerprint density at radius 1 is 1.40 bits per heavy atom. The maximum atomic E-state index is 12.4. The van der Waals surface area contributed by atoms with E-state index >= 15 is 0 Å². The molecule has 0 bridgehead atoms. The largest absolute Gasteiger partial charge is 0.384 e. The van der Waals surface area contributed by atoms with E-state index in [2.05, 4.69) is 9.97 Å². The summed E-state index contributed by atoms with van der Waals surface area (Å²) < 4.78 is 0. The Morgan fingerprint density at radius 3 is 2.80 bits per heavy atom. The van der Waals surface area contributed by atoms with Crippen LogP contribution >= 0.6 is 11.6 Å². The molecular weight excluding hydrogens is 276 g/mol. The third-order valence-electron chi connectivity index (χ3n) is 2.81. The highest BCUT2D eigenvalue weighted by molar-refractivity contribution is 6.29. The van der Waals surface area contributed by atoms with Crippen LogP contribution in [0, 0.1) is 0 Å². The molecule has 0 radical (unpaired) electrons. The lowest BCUT2D eigenvalue weighted by molar-refractivity contribution is 0.0750. The van der Waals surface area contributed by atoms with Gasteiger partial charge in [0.05, 0.1) is 12.2 Å². The number of hydrogen-bond acceptors (Lipinski definition) is 4. The second-order valence-corrected chi connectivity index (χ2v) is 4.63. The van der Waals surface area contributed by atoms with Crippen LogP contribution in [0.25, 0.3) is 0 Å². The predicted molar refractivity (Wildman–Crippen MR) is 78.3 cm³/mol. The van der Waals surface area contributed by atoms with Gasteiger partial charge >= 0.3 is 0 Å². The Morgan fingerprint density at radius 2 is 2.20 bits per heavy atom. The van der Waals surface area contributed by atoms with Crippen LogP contribution in [0.15, 0.2) is 36.5 Å². The molecule has 0 aliphatic heterocycles. The van der Waals surface area contributed by atoms with Gasteiger partial charge in [0.25, 0.3) is 5.91 Å². The molecule has 0 unspecified atom stereocenters. The van der Waals surface area contributed by atoms with Gasteiger partial charge in [-0.25, -0.2) is 4.98 Å². The first kappa shape index (κ1) is 14.3. The van der Waals surface area contributed by atoms with Crippen molar-refractivity contribution < 1.29 is 4.79 Å². The van der Waals surface area contributed by atoms with E-state index in [0.29, 0.717) is 18.7 Å². The fourth-order valence-electron chi connectivity index (χ4n) is 1.84. The second kappa shape index (κ2) is 6.34. The Bertz CT molecular complexity index is 583. The number of hydrogen-bond donors (Lipinski definition) is 1. The quantitative estimate of drug-likeness (QED) is 0.878. The fraction of sp³-hybridized carbons (Fsp3) is 0.214.